The molecule has 1 aliphatic rings. The molecule has 0 amide bonds. The molecule has 0 radical (unpaired) electrons. The second-order valence-electron chi connectivity index (χ2n) is 6.26. The third-order valence-corrected chi connectivity index (χ3v) is 5.34. The van der Waals surface area contributed by atoms with Crippen molar-refractivity contribution in [1.82, 2.24) is 14.5 Å². The van der Waals surface area contributed by atoms with Gasteiger partial charge in [0, 0.05) is 24.2 Å². The van der Waals surface area contributed by atoms with Gasteiger partial charge in [0.2, 0.25) is 0 Å². The van der Waals surface area contributed by atoms with Crippen LogP contribution in [0, 0.1) is 12.3 Å². The quantitative estimate of drug-likeness (QED) is 0.942. The predicted molar refractivity (Wildman–Crippen MR) is 89.2 cm³/mol. The zero-order valence-corrected chi connectivity index (χ0v) is 13.7. The second kappa shape index (κ2) is 5.72. The molecule has 1 aliphatic heterocycles. The first-order valence-electron chi connectivity index (χ1n) is 7.37. The van der Waals surface area contributed by atoms with Gasteiger partial charge in [-0.25, -0.2) is 9.97 Å². The number of hydrogen-bond acceptors (Lipinski definition) is 4. The van der Waals surface area contributed by atoms with Crippen molar-refractivity contribution in [3.63, 3.8) is 0 Å². The minimum Gasteiger partial charge on any atom is -0.380 e. The number of rotatable bonds is 3. The van der Waals surface area contributed by atoms with Crippen LogP contribution in [0.3, 0.4) is 0 Å². The fourth-order valence-electron chi connectivity index (χ4n) is 2.61. The largest absolute Gasteiger partial charge is 0.380 e. The van der Waals surface area contributed by atoms with Crippen molar-refractivity contribution in [2.24, 2.45) is 5.41 Å². The van der Waals surface area contributed by atoms with Gasteiger partial charge in [0.15, 0.2) is 0 Å². The van der Waals surface area contributed by atoms with E-state index in [0.29, 0.717) is 11.5 Å². The highest BCUT2D eigenvalue weighted by atomic mass is 32.2. The van der Waals surface area contributed by atoms with Crippen LogP contribution in [0.1, 0.15) is 26.1 Å². The van der Waals surface area contributed by atoms with Crippen molar-refractivity contribution < 1.29 is 0 Å². The van der Waals surface area contributed by atoms with E-state index in [0.717, 1.165) is 23.1 Å². The van der Waals surface area contributed by atoms with Crippen LogP contribution in [0.2, 0.25) is 0 Å². The summed E-state index contributed by atoms with van der Waals surface area (Å²) in [6.07, 6.45) is 6.91. The number of aryl methyl sites for hydroxylation is 1. The molecule has 4 nitrogen and oxygen atoms in total. The minimum absolute atomic E-state index is 0.338. The third kappa shape index (κ3) is 3.07. The number of nitrogens with zero attached hydrogens (tertiary/aromatic N) is 3. The summed E-state index contributed by atoms with van der Waals surface area (Å²) in [7, 11) is 0. The molecule has 2 aromatic heterocycles. The Labute approximate surface area is 130 Å². The molecular formula is C16H22N4S. The number of pyridine rings is 1. The normalized spacial score (nSPS) is 21.2. The average Bonchev–Trinajstić information content (AvgIpc) is 2.88. The van der Waals surface area contributed by atoms with Crippen LogP contribution in [0.5, 0.6) is 0 Å². The van der Waals surface area contributed by atoms with Crippen molar-refractivity contribution in [2.45, 2.75) is 33.2 Å². The fraction of sp³-hybridized carbons (Fsp3) is 0.500. The van der Waals surface area contributed by atoms with E-state index in [2.05, 4.69) is 35.2 Å². The lowest BCUT2D eigenvalue weighted by Gasteiger charge is -2.39. The van der Waals surface area contributed by atoms with E-state index in [1.54, 1.807) is 6.20 Å². The third-order valence-electron chi connectivity index (χ3n) is 4.28. The van der Waals surface area contributed by atoms with Crippen molar-refractivity contribution in [1.29, 1.82) is 0 Å². The second-order valence-corrected chi connectivity index (χ2v) is 7.41. The highest BCUT2D eigenvalue weighted by molar-refractivity contribution is 7.99. The lowest BCUT2D eigenvalue weighted by atomic mass is 9.82. The van der Waals surface area contributed by atoms with Gasteiger partial charge in [0.1, 0.15) is 11.6 Å². The van der Waals surface area contributed by atoms with Gasteiger partial charge in [-0.3, -0.25) is 4.57 Å². The Kier molecular flexibility index (Phi) is 3.93. The molecule has 1 atom stereocenters. The first-order chi connectivity index (χ1) is 10.1. The van der Waals surface area contributed by atoms with Gasteiger partial charge in [-0.05, 0) is 36.6 Å². The van der Waals surface area contributed by atoms with Gasteiger partial charge in [0.25, 0.3) is 0 Å². The molecular weight excluding hydrogens is 280 g/mol. The van der Waals surface area contributed by atoms with Gasteiger partial charge in [-0.15, -0.1) is 0 Å². The fourth-order valence-corrected chi connectivity index (χ4v) is 4.22. The van der Waals surface area contributed by atoms with Crippen LogP contribution in [-0.4, -0.2) is 32.1 Å². The van der Waals surface area contributed by atoms with Crippen molar-refractivity contribution >= 4 is 17.4 Å². The molecule has 1 N–H and O–H groups in total. The van der Waals surface area contributed by atoms with Gasteiger partial charge in [0.05, 0.1) is 11.9 Å². The Balaban J connectivity index is 1.74. The van der Waals surface area contributed by atoms with Crippen molar-refractivity contribution in [2.75, 3.05) is 16.8 Å². The maximum Gasteiger partial charge on any atom is 0.138 e. The van der Waals surface area contributed by atoms with Crippen LogP contribution < -0.4 is 5.32 Å². The molecule has 0 saturated carbocycles. The van der Waals surface area contributed by atoms with E-state index in [-0.39, 0.29) is 0 Å². The Morgan fingerprint density at radius 3 is 2.81 bits per heavy atom. The standard InChI is InChI=1S/C16H22N4S/c1-12-17-7-8-20(12)15-5-4-13(10-18-15)19-14-11-21-9-6-16(14,2)3/h4-5,7-8,10,14,19H,6,9,11H2,1-3H3. The summed E-state index contributed by atoms with van der Waals surface area (Å²) >= 11 is 2.03. The molecule has 0 spiro atoms. The molecule has 2 aromatic rings. The molecule has 0 aliphatic carbocycles. The van der Waals surface area contributed by atoms with Crippen LogP contribution in [0.4, 0.5) is 5.69 Å². The zero-order chi connectivity index (χ0) is 14.9. The first kappa shape index (κ1) is 14.4. The van der Waals surface area contributed by atoms with Crippen molar-refractivity contribution in [3.8, 4) is 5.82 Å². The summed E-state index contributed by atoms with van der Waals surface area (Å²) in [5.41, 5.74) is 1.43. The minimum atomic E-state index is 0.338. The summed E-state index contributed by atoms with van der Waals surface area (Å²) in [6.45, 7) is 6.68. The zero-order valence-electron chi connectivity index (χ0n) is 12.8. The summed E-state index contributed by atoms with van der Waals surface area (Å²) in [5.74, 6) is 4.29. The van der Waals surface area contributed by atoms with Gasteiger partial charge >= 0.3 is 0 Å². The van der Waals surface area contributed by atoms with E-state index in [4.69, 9.17) is 0 Å². The molecule has 1 saturated heterocycles. The number of aromatic nitrogens is 3. The SMILES string of the molecule is Cc1nccn1-c1ccc(NC2CSCCC2(C)C)cn1. The number of imidazole rings is 1. The monoisotopic (exact) mass is 302 g/mol. The molecule has 21 heavy (non-hydrogen) atoms. The Morgan fingerprint density at radius 1 is 1.33 bits per heavy atom. The van der Waals surface area contributed by atoms with E-state index in [9.17, 15) is 0 Å². The van der Waals surface area contributed by atoms with Crippen molar-refractivity contribution in [3.05, 3.63) is 36.5 Å². The average molecular weight is 302 g/mol. The molecule has 3 rings (SSSR count). The first-order valence-corrected chi connectivity index (χ1v) is 8.52. The van der Waals surface area contributed by atoms with E-state index in [1.807, 2.05) is 41.7 Å². The molecule has 0 aromatic carbocycles. The lowest BCUT2D eigenvalue weighted by molar-refractivity contribution is 0.305. The molecule has 5 heteroatoms. The summed E-state index contributed by atoms with van der Waals surface area (Å²) in [6, 6.07) is 4.65. The summed E-state index contributed by atoms with van der Waals surface area (Å²) < 4.78 is 1.99. The molecule has 112 valence electrons. The smallest absolute Gasteiger partial charge is 0.138 e. The lowest BCUT2D eigenvalue weighted by Crippen LogP contribution is -2.41. The van der Waals surface area contributed by atoms with Crippen LogP contribution in [0.25, 0.3) is 5.82 Å². The topological polar surface area (TPSA) is 42.7 Å². The Bertz CT molecular complexity index is 603. The van der Waals surface area contributed by atoms with E-state index in [1.165, 1.54) is 12.2 Å². The van der Waals surface area contributed by atoms with Crippen LogP contribution in [-0.2, 0) is 0 Å². The molecule has 3 heterocycles. The highest BCUT2D eigenvalue weighted by Crippen LogP contribution is 2.35. The number of anilines is 1. The predicted octanol–water partition coefficient (Wildman–Crippen LogP) is 3.52. The Morgan fingerprint density at radius 2 is 2.19 bits per heavy atom. The Hall–Kier alpha value is -1.49. The van der Waals surface area contributed by atoms with Crippen LogP contribution >= 0.6 is 11.8 Å². The maximum atomic E-state index is 4.55. The van der Waals surface area contributed by atoms with Crippen LogP contribution in [0.15, 0.2) is 30.7 Å². The van der Waals surface area contributed by atoms with E-state index < -0.39 is 0 Å². The van der Waals surface area contributed by atoms with E-state index >= 15 is 0 Å². The van der Waals surface area contributed by atoms with Gasteiger partial charge < -0.3 is 5.32 Å². The number of thioether (sulfide) groups is 1. The summed E-state index contributed by atoms with van der Waals surface area (Å²) in [5, 5.41) is 3.65. The number of nitrogens with one attached hydrogen (secondary N) is 1. The molecule has 1 unspecified atom stereocenters. The highest BCUT2D eigenvalue weighted by Gasteiger charge is 2.32. The summed E-state index contributed by atoms with van der Waals surface area (Å²) in [4.78, 5) is 8.78. The maximum absolute atomic E-state index is 4.55. The van der Waals surface area contributed by atoms with Gasteiger partial charge in [-0.2, -0.15) is 11.8 Å². The van der Waals surface area contributed by atoms with Gasteiger partial charge in [-0.1, -0.05) is 13.8 Å². The number of hydrogen-bond donors (Lipinski definition) is 1. The molecule has 1 fully saturated rings. The molecule has 0 bridgehead atoms.